The summed E-state index contributed by atoms with van der Waals surface area (Å²) >= 11 is 0. The van der Waals surface area contributed by atoms with Crippen LogP contribution in [-0.4, -0.2) is 20.4 Å². The second-order valence-electron chi connectivity index (χ2n) is 11.2. The molecule has 5 aromatic rings. The predicted molar refractivity (Wildman–Crippen MR) is 167 cm³/mol. The molecule has 0 spiro atoms. The molecule has 5 heteroatoms. The third kappa shape index (κ3) is 7.81. The third-order valence-corrected chi connectivity index (χ3v) is 6.59. The van der Waals surface area contributed by atoms with Gasteiger partial charge >= 0.3 is 0 Å². The maximum absolute atomic E-state index is 10.0. The third-order valence-electron chi connectivity index (χ3n) is 6.59. The van der Waals surface area contributed by atoms with Crippen molar-refractivity contribution in [1.29, 1.82) is 0 Å². The fraction of sp³-hybridized carbons (Fsp3) is 0.278. The first-order chi connectivity index (χ1) is 19.2. The molecule has 0 fully saturated rings. The maximum Gasteiger partial charge on any atom is 0.155 e. The zero-order valence-corrected chi connectivity index (χ0v) is 27.1. The number of imidazole rings is 1. The number of fused-ring (bicyclic) bond motifs is 3. The minimum Gasteiger partial charge on any atom is -0.512 e. The summed E-state index contributed by atoms with van der Waals surface area (Å²) in [5.74, 6) is 2.03. The van der Waals surface area contributed by atoms with Crippen molar-refractivity contribution in [3.63, 3.8) is 0 Å². The van der Waals surface area contributed by atoms with E-state index in [1.807, 2.05) is 12.1 Å². The van der Waals surface area contributed by atoms with Crippen molar-refractivity contribution in [3.8, 4) is 17.1 Å². The summed E-state index contributed by atoms with van der Waals surface area (Å²) in [5, 5.41) is 10.8. The van der Waals surface area contributed by atoms with Crippen molar-refractivity contribution >= 4 is 27.6 Å². The molecule has 0 saturated heterocycles. The van der Waals surface area contributed by atoms with E-state index >= 15 is 0 Å². The second-order valence-corrected chi connectivity index (χ2v) is 11.2. The molecule has 0 amide bonds. The van der Waals surface area contributed by atoms with E-state index in [1.165, 1.54) is 53.0 Å². The molecule has 0 aliphatic rings. The van der Waals surface area contributed by atoms with Crippen molar-refractivity contribution < 1.29 is 30.0 Å². The Morgan fingerprint density at radius 2 is 1.51 bits per heavy atom. The average molecular weight is 724 g/mol. The van der Waals surface area contributed by atoms with E-state index in [1.54, 1.807) is 0 Å². The Bertz CT molecular complexity index is 1620. The summed E-state index contributed by atoms with van der Waals surface area (Å²) in [7, 11) is 0. The van der Waals surface area contributed by atoms with Crippen LogP contribution in [0.1, 0.15) is 52.7 Å². The molecule has 1 radical (unpaired) electrons. The first kappa shape index (κ1) is 32.0. The summed E-state index contributed by atoms with van der Waals surface area (Å²) in [6, 6.07) is 31.4. The standard InChI is InChI=1S/C31H31N2.C5H8O2.Ir/c1-21(2)19-25-14-10-15-26(20-22(3)4)29(25)33-30-27-16-9-8-11-23(27)17-18-28(30)32-31(33)24-12-6-5-7-13-24;1-4(6)3-5(2)7;/h5-12,14-18,21-22H,19-20H2,1-4H3;3,6H,1-2H3;/q-1;;/b;4-3-;. The number of carbonyl (C=O) groups is 1. The van der Waals surface area contributed by atoms with Crippen LogP contribution >= 0.6 is 0 Å². The van der Waals surface area contributed by atoms with Gasteiger partial charge in [0.1, 0.15) is 0 Å². The fourth-order valence-corrected chi connectivity index (χ4v) is 5.20. The molecule has 0 bridgehead atoms. The van der Waals surface area contributed by atoms with Crippen molar-refractivity contribution in [3.05, 3.63) is 108 Å². The van der Waals surface area contributed by atoms with Crippen LogP contribution < -0.4 is 0 Å². The number of carbonyl (C=O) groups excluding carboxylic acids is 1. The Morgan fingerprint density at radius 1 is 0.878 bits per heavy atom. The number of benzene rings is 4. The molecule has 4 nitrogen and oxygen atoms in total. The van der Waals surface area contributed by atoms with Gasteiger partial charge in [-0.15, -0.1) is 35.9 Å². The number of aliphatic hydroxyl groups is 1. The smallest absolute Gasteiger partial charge is 0.155 e. The van der Waals surface area contributed by atoms with Gasteiger partial charge < -0.3 is 9.67 Å². The van der Waals surface area contributed by atoms with Gasteiger partial charge in [0.05, 0.1) is 22.6 Å². The minimum absolute atomic E-state index is 0. The van der Waals surface area contributed by atoms with Crippen LogP contribution in [0.25, 0.3) is 38.9 Å². The first-order valence-electron chi connectivity index (χ1n) is 14.0. The molecule has 0 saturated carbocycles. The second kappa shape index (κ2) is 14.4. The Kier molecular flexibility index (Phi) is 11.2. The predicted octanol–water partition coefficient (Wildman–Crippen LogP) is 9.08. The number of allylic oxidation sites excluding steroid dienone is 2. The summed E-state index contributed by atoms with van der Waals surface area (Å²) in [4.78, 5) is 15.2. The normalized spacial score (nSPS) is 11.5. The van der Waals surface area contributed by atoms with Crippen molar-refractivity contribution in [2.75, 3.05) is 0 Å². The summed E-state index contributed by atoms with van der Waals surface area (Å²) in [5.41, 5.74) is 7.29. The molecule has 0 unspecified atom stereocenters. The molecule has 0 aliphatic carbocycles. The number of aliphatic hydroxyl groups excluding tert-OH is 1. The number of ketones is 1. The first-order valence-corrected chi connectivity index (χ1v) is 14.0. The van der Waals surface area contributed by atoms with Crippen LogP contribution in [-0.2, 0) is 37.7 Å². The Labute approximate surface area is 257 Å². The van der Waals surface area contributed by atoms with Crippen LogP contribution in [0.3, 0.4) is 0 Å². The molecular formula is C36H39IrN2O2-. The average Bonchev–Trinajstić information content (AvgIpc) is 3.28. The van der Waals surface area contributed by atoms with Gasteiger partial charge in [0.25, 0.3) is 0 Å². The van der Waals surface area contributed by atoms with E-state index in [0.717, 1.165) is 29.7 Å². The monoisotopic (exact) mass is 724 g/mol. The van der Waals surface area contributed by atoms with Gasteiger partial charge in [-0.3, -0.25) is 9.78 Å². The molecule has 0 aliphatic heterocycles. The van der Waals surface area contributed by atoms with Crippen LogP contribution in [0.15, 0.2) is 90.7 Å². The number of para-hydroxylation sites is 1. The quantitative estimate of drug-likeness (QED) is 0.104. The van der Waals surface area contributed by atoms with Gasteiger partial charge in [-0.05, 0) is 61.1 Å². The van der Waals surface area contributed by atoms with Gasteiger partial charge in [-0.2, -0.15) is 0 Å². The molecule has 4 aromatic carbocycles. The number of aromatic nitrogens is 2. The molecule has 1 N–H and O–H groups in total. The van der Waals surface area contributed by atoms with Crippen molar-refractivity contribution in [1.82, 2.24) is 9.55 Å². The van der Waals surface area contributed by atoms with E-state index < -0.39 is 0 Å². The van der Waals surface area contributed by atoms with Crippen LogP contribution in [0.5, 0.6) is 0 Å². The number of hydrogen-bond acceptors (Lipinski definition) is 3. The van der Waals surface area contributed by atoms with Crippen molar-refractivity contribution in [2.45, 2.75) is 54.4 Å². The van der Waals surface area contributed by atoms with Crippen LogP contribution in [0.2, 0.25) is 0 Å². The summed E-state index contributed by atoms with van der Waals surface area (Å²) < 4.78 is 2.43. The fourth-order valence-electron chi connectivity index (χ4n) is 5.20. The molecular weight excluding hydrogens is 685 g/mol. The largest absolute Gasteiger partial charge is 0.512 e. The van der Waals surface area contributed by atoms with Gasteiger partial charge in [-0.25, -0.2) is 0 Å². The van der Waals surface area contributed by atoms with Gasteiger partial charge in [0.2, 0.25) is 0 Å². The molecule has 1 aromatic heterocycles. The van der Waals surface area contributed by atoms with E-state index in [4.69, 9.17) is 10.1 Å². The van der Waals surface area contributed by atoms with Crippen LogP contribution in [0.4, 0.5) is 0 Å². The Morgan fingerprint density at radius 3 is 2.05 bits per heavy atom. The van der Waals surface area contributed by atoms with E-state index in [-0.39, 0.29) is 31.6 Å². The Balaban J connectivity index is 0.000000516. The maximum atomic E-state index is 10.0. The molecule has 41 heavy (non-hydrogen) atoms. The zero-order chi connectivity index (χ0) is 28.8. The number of rotatable bonds is 7. The minimum atomic E-state index is -0.125. The SMILES string of the molecule is CC(=O)/C=C(/C)O.CC(C)Cc1cccc(CC(C)C)c1-n1c(-c2[c-]cccc2)nc2ccc3ccccc3c21.[Ir]. The van der Waals surface area contributed by atoms with Gasteiger partial charge in [0.15, 0.2) is 5.78 Å². The van der Waals surface area contributed by atoms with Gasteiger partial charge in [0, 0.05) is 37.3 Å². The van der Waals surface area contributed by atoms with E-state index in [9.17, 15) is 4.79 Å². The molecule has 1 heterocycles. The molecule has 5 rings (SSSR count). The molecule has 215 valence electrons. The number of hydrogen-bond donors (Lipinski definition) is 1. The van der Waals surface area contributed by atoms with E-state index in [2.05, 4.69) is 105 Å². The topological polar surface area (TPSA) is 55.1 Å². The number of nitrogens with zero attached hydrogens (tertiary/aromatic N) is 2. The molecule has 0 atom stereocenters. The van der Waals surface area contributed by atoms with Crippen molar-refractivity contribution in [2.24, 2.45) is 11.8 Å². The summed E-state index contributed by atoms with van der Waals surface area (Å²) in [6.45, 7) is 12.0. The summed E-state index contributed by atoms with van der Waals surface area (Å²) in [6.07, 6.45) is 3.23. The Hall–Kier alpha value is -3.53. The van der Waals surface area contributed by atoms with Gasteiger partial charge in [-0.1, -0.05) is 76.2 Å². The van der Waals surface area contributed by atoms with E-state index in [0.29, 0.717) is 11.8 Å². The van der Waals surface area contributed by atoms with Crippen LogP contribution in [0, 0.1) is 17.9 Å². The zero-order valence-electron chi connectivity index (χ0n) is 24.7.